The van der Waals surface area contributed by atoms with Gasteiger partial charge in [-0.25, -0.2) is 0 Å². The lowest BCUT2D eigenvalue weighted by Crippen LogP contribution is -2.43. The Hall–Kier alpha value is -3.95. The SMILES string of the molecule is CC(=O)OC(OC(C)=O)C(=O)N(C)C(Cc1ccc2c(c1)OCO2)c1ccc2c(c1)OCO2. The summed E-state index contributed by atoms with van der Waals surface area (Å²) in [6.07, 6.45) is -1.32. The first-order chi connectivity index (χ1) is 15.8. The van der Waals surface area contributed by atoms with Crippen molar-refractivity contribution in [3.63, 3.8) is 0 Å². The van der Waals surface area contributed by atoms with Crippen molar-refractivity contribution in [1.82, 2.24) is 4.90 Å². The summed E-state index contributed by atoms with van der Waals surface area (Å²) in [5.74, 6) is 0.227. The monoisotopic (exact) mass is 457 g/mol. The van der Waals surface area contributed by atoms with Gasteiger partial charge in [0, 0.05) is 20.9 Å². The van der Waals surface area contributed by atoms with Gasteiger partial charge in [-0.3, -0.25) is 14.4 Å². The summed E-state index contributed by atoms with van der Waals surface area (Å²) in [7, 11) is 1.55. The first-order valence-corrected chi connectivity index (χ1v) is 10.2. The summed E-state index contributed by atoms with van der Waals surface area (Å²) in [5, 5.41) is 0. The molecule has 2 aromatic rings. The maximum Gasteiger partial charge on any atom is 0.326 e. The molecule has 0 saturated heterocycles. The molecule has 10 heteroatoms. The van der Waals surface area contributed by atoms with Crippen LogP contribution in [0.1, 0.15) is 31.0 Å². The summed E-state index contributed by atoms with van der Waals surface area (Å²) in [6, 6.07) is 10.4. The molecule has 0 aromatic heterocycles. The van der Waals surface area contributed by atoms with Gasteiger partial charge >= 0.3 is 24.1 Å². The van der Waals surface area contributed by atoms with E-state index in [0.29, 0.717) is 29.4 Å². The maximum absolute atomic E-state index is 13.2. The van der Waals surface area contributed by atoms with E-state index in [4.69, 9.17) is 28.4 Å². The van der Waals surface area contributed by atoms with Crippen molar-refractivity contribution in [3.8, 4) is 23.0 Å². The molecule has 0 bridgehead atoms. The highest BCUT2D eigenvalue weighted by Crippen LogP contribution is 2.38. The van der Waals surface area contributed by atoms with Crippen LogP contribution in [0, 0.1) is 0 Å². The molecule has 2 aliphatic heterocycles. The summed E-state index contributed by atoms with van der Waals surface area (Å²) in [6.45, 7) is 2.52. The molecule has 4 rings (SSSR count). The zero-order valence-electron chi connectivity index (χ0n) is 18.4. The fourth-order valence-corrected chi connectivity index (χ4v) is 3.64. The van der Waals surface area contributed by atoms with Crippen molar-refractivity contribution in [2.45, 2.75) is 32.6 Å². The standard InChI is InChI=1S/C23H23NO9/c1-13(25)32-23(33-14(2)26)22(27)24(3)17(16-5-7-19-21(10-16)31-12-29-19)8-15-4-6-18-20(9-15)30-11-28-18/h4-7,9-10,17,23H,8,11-12H2,1-3H3. The zero-order valence-corrected chi connectivity index (χ0v) is 18.4. The molecule has 1 unspecified atom stereocenters. The number of amides is 1. The van der Waals surface area contributed by atoms with Gasteiger partial charge in [-0.15, -0.1) is 0 Å². The lowest BCUT2D eigenvalue weighted by molar-refractivity contribution is -0.195. The molecular weight excluding hydrogens is 434 g/mol. The Morgan fingerprint density at radius 2 is 1.39 bits per heavy atom. The van der Waals surface area contributed by atoms with Crippen LogP contribution < -0.4 is 18.9 Å². The lowest BCUT2D eigenvalue weighted by Gasteiger charge is -2.31. The Kier molecular flexibility index (Phi) is 6.25. The van der Waals surface area contributed by atoms with Gasteiger partial charge in [0.2, 0.25) is 13.6 Å². The number of rotatable bonds is 7. The topological polar surface area (TPSA) is 110 Å². The minimum Gasteiger partial charge on any atom is -0.454 e. The van der Waals surface area contributed by atoms with Gasteiger partial charge < -0.3 is 33.3 Å². The van der Waals surface area contributed by atoms with Crippen molar-refractivity contribution in [3.05, 3.63) is 47.5 Å². The number of fused-ring (bicyclic) bond motifs is 2. The lowest BCUT2D eigenvalue weighted by atomic mass is 9.96. The largest absolute Gasteiger partial charge is 0.454 e. The second-order valence-electron chi connectivity index (χ2n) is 7.52. The van der Waals surface area contributed by atoms with Crippen LogP contribution in [0.2, 0.25) is 0 Å². The Bertz CT molecular complexity index is 1070. The average Bonchev–Trinajstić information content (AvgIpc) is 3.43. The number of hydrogen-bond acceptors (Lipinski definition) is 9. The van der Waals surface area contributed by atoms with Crippen molar-refractivity contribution < 1.29 is 42.8 Å². The minimum atomic E-state index is -1.70. The molecule has 0 fully saturated rings. The van der Waals surface area contributed by atoms with E-state index in [1.807, 2.05) is 18.2 Å². The van der Waals surface area contributed by atoms with E-state index in [1.54, 1.807) is 25.2 Å². The van der Waals surface area contributed by atoms with E-state index < -0.39 is 30.2 Å². The third-order valence-corrected chi connectivity index (χ3v) is 5.21. The second-order valence-corrected chi connectivity index (χ2v) is 7.52. The molecule has 0 saturated carbocycles. The molecule has 174 valence electrons. The number of likely N-dealkylation sites (N-methyl/N-ethyl adjacent to an activating group) is 1. The van der Waals surface area contributed by atoms with Gasteiger partial charge in [0.05, 0.1) is 6.04 Å². The first-order valence-electron chi connectivity index (χ1n) is 10.2. The van der Waals surface area contributed by atoms with E-state index in [1.165, 1.54) is 4.90 Å². The smallest absolute Gasteiger partial charge is 0.326 e. The molecule has 2 aromatic carbocycles. The summed E-state index contributed by atoms with van der Waals surface area (Å²) < 4.78 is 31.6. The molecule has 1 atom stereocenters. The Morgan fingerprint density at radius 3 is 2.00 bits per heavy atom. The molecule has 0 N–H and O–H groups in total. The van der Waals surface area contributed by atoms with Gasteiger partial charge in [0.25, 0.3) is 0 Å². The molecule has 1 amide bonds. The van der Waals surface area contributed by atoms with Gasteiger partial charge in [-0.05, 0) is 41.8 Å². The van der Waals surface area contributed by atoms with Crippen LogP contribution in [-0.2, 0) is 30.3 Å². The number of hydrogen-bond donors (Lipinski definition) is 0. The second kappa shape index (κ2) is 9.27. The van der Waals surface area contributed by atoms with Gasteiger partial charge in [-0.2, -0.15) is 0 Å². The van der Waals surface area contributed by atoms with Crippen molar-refractivity contribution >= 4 is 17.8 Å². The third kappa shape index (κ3) is 4.94. The van der Waals surface area contributed by atoms with E-state index in [-0.39, 0.29) is 13.6 Å². The molecule has 2 aliphatic rings. The molecule has 10 nitrogen and oxygen atoms in total. The number of nitrogens with zero attached hydrogens (tertiary/aromatic N) is 1. The van der Waals surface area contributed by atoms with Crippen LogP contribution >= 0.6 is 0 Å². The molecule has 0 spiro atoms. The molecular formula is C23H23NO9. The predicted octanol–water partition coefficient (Wildman–Crippen LogP) is 2.34. The third-order valence-electron chi connectivity index (χ3n) is 5.21. The Morgan fingerprint density at radius 1 is 0.848 bits per heavy atom. The van der Waals surface area contributed by atoms with E-state index in [9.17, 15) is 14.4 Å². The van der Waals surface area contributed by atoms with Gasteiger partial charge in [-0.1, -0.05) is 12.1 Å². The zero-order chi connectivity index (χ0) is 23.5. The van der Waals surface area contributed by atoms with Crippen molar-refractivity contribution in [2.24, 2.45) is 0 Å². The van der Waals surface area contributed by atoms with Crippen molar-refractivity contribution in [2.75, 3.05) is 20.6 Å². The Balaban J connectivity index is 1.65. The number of carbonyl (C=O) groups excluding carboxylic acids is 3. The van der Waals surface area contributed by atoms with Crippen LogP contribution in [-0.4, -0.2) is 49.7 Å². The van der Waals surface area contributed by atoms with Crippen molar-refractivity contribution in [1.29, 1.82) is 0 Å². The fourth-order valence-electron chi connectivity index (χ4n) is 3.64. The number of esters is 2. The maximum atomic E-state index is 13.2. The van der Waals surface area contributed by atoms with Crippen LogP contribution in [0.4, 0.5) is 0 Å². The first kappa shape index (κ1) is 22.3. The van der Waals surface area contributed by atoms with E-state index >= 15 is 0 Å². The average molecular weight is 457 g/mol. The summed E-state index contributed by atoms with van der Waals surface area (Å²) in [4.78, 5) is 37.6. The molecule has 33 heavy (non-hydrogen) atoms. The summed E-state index contributed by atoms with van der Waals surface area (Å²) in [5.41, 5.74) is 1.62. The predicted molar refractivity (Wildman–Crippen MR) is 112 cm³/mol. The quantitative estimate of drug-likeness (QED) is 0.457. The molecule has 0 aliphatic carbocycles. The molecule has 0 radical (unpaired) electrons. The van der Waals surface area contributed by atoms with Crippen LogP contribution in [0.25, 0.3) is 0 Å². The minimum absolute atomic E-state index is 0.112. The fraction of sp³-hybridized carbons (Fsp3) is 0.348. The van der Waals surface area contributed by atoms with Crippen LogP contribution in [0.3, 0.4) is 0 Å². The normalized spacial score (nSPS) is 14.1. The summed E-state index contributed by atoms with van der Waals surface area (Å²) >= 11 is 0. The highest BCUT2D eigenvalue weighted by atomic mass is 16.7. The highest BCUT2D eigenvalue weighted by molar-refractivity contribution is 5.84. The van der Waals surface area contributed by atoms with E-state index in [2.05, 4.69) is 0 Å². The molecule has 2 heterocycles. The van der Waals surface area contributed by atoms with Crippen LogP contribution in [0.15, 0.2) is 36.4 Å². The van der Waals surface area contributed by atoms with E-state index in [0.717, 1.165) is 25.0 Å². The number of ether oxygens (including phenoxy) is 6. The van der Waals surface area contributed by atoms with Crippen LogP contribution in [0.5, 0.6) is 23.0 Å². The van der Waals surface area contributed by atoms with Gasteiger partial charge in [0.15, 0.2) is 23.0 Å². The number of carbonyl (C=O) groups is 3. The Labute approximate surface area is 189 Å². The highest BCUT2D eigenvalue weighted by Gasteiger charge is 2.33. The van der Waals surface area contributed by atoms with Gasteiger partial charge in [0.1, 0.15) is 0 Å². The number of benzene rings is 2.